The molecule has 2 rings (SSSR count). The van der Waals surface area contributed by atoms with Crippen molar-refractivity contribution in [2.45, 2.75) is 32.3 Å². The van der Waals surface area contributed by atoms with Gasteiger partial charge in [-0.1, -0.05) is 6.92 Å². The van der Waals surface area contributed by atoms with Crippen molar-refractivity contribution in [1.82, 2.24) is 10.2 Å². The number of rotatable bonds is 3. The molecule has 4 heteroatoms. The molecule has 0 saturated carbocycles. The van der Waals surface area contributed by atoms with Crippen molar-refractivity contribution in [3.63, 3.8) is 0 Å². The summed E-state index contributed by atoms with van der Waals surface area (Å²) in [5.41, 5.74) is 0. The van der Waals surface area contributed by atoms with Crippen LogP contribution in [0.5, 0.6) is 0 Å². The van der Waals surface area contributed by atoms with Gasteiger partial charge in [0.25, 0.3) is 0 Å². The van der Waals surface area contributed by atoms with E-state index in [1.54, 1.807) is 0 Å². The van der Waals surface area contributed by atoms with Crippen molar-refractivity contribution in [1.29, 1.82) is 0 Å². The fraction of sp³-hybridized carbons (Fsp3) is 1.00. The Morgan fingerprint density at radius 1 is 1.35 bits per heavy atom. The van der Waals surface area contributed by atoms with Gasteiger partial charge in [-0.2, -0.15) is 0 Å². The first-order valence-electron chi connectivity index (χ1n) is 6.75. The Balaban J connectivity index is 0.00000144. The van der Waals surface area contributed by atoms with Crippen molar-refractivity contribution in [2.75, 3.05) is 39.8 Å². The zero-order valence-corrected chi connectivity index (χ0v) is 12.0. The van der Waals surface area contributed by atoms with Gasteiger partial charge in [0.1, 0.15) is 0 Å². The standard InChI is InChI=1S/C13H26N2O.ClH/c1-11-5-7-15(10-13(11)16-2)9-12-4-3-6-14-8-12;/h11-14H,3-10H2,1-2H3;1H. The van der Waals surface area contributed by atoms with Gasteiger partial charge in [0.2, 0.25) is 0 Å². The van der Waals surface area contributed by atoms with Crippen LogP contribution in [0.1, 0.15) is 26.2 Å². The van der Waals surface area contributed by atoms with E-state index in [2.05, 4.69) is 17.1 Å². The van der Waals surface area contributed by atoms with Crippen LogP contribution in [0.3, 0.4) is 0 Å². The molecular weight excluding hydrogens is 236 g/mol. The smallest absolute Gasteiger partial charge is 0.0724 e. The molecule has 102 valence electrons. The summed E-state index contributed by atoms with van der Waals surface area (Å²) in [4.78, 5) is 2.60. The lowest BCUT2D eigenvalue weighted by atomic mass is 9.93. The Morgan fingerprint density at radius 2 is 2.18 bits per heavy atom. The van der Waals surface area contributed by atoms with Crippen LogP contribution in [0, 0.1) is 11.8 Å². The van der Waals surface area contributed by atoms with Gasteiger partial charge in [0.05, 0.1) is 6.10 Å². The summed E-state index contributed by atoms with van der Waals surface area (Å²) in [7, 11) is 1.85. The number of hydrogen-bond donors (Lipinski definition) is 1. The van der Waals surface area contributed by atoms with Gasteiger partial charge < -0.3 is 15.0 Å². The fourth-order valence-corrected chi connectivity index (χ4v) is 3.02. The Labute approximate surface area is 112 Å². The summed E-state index contributed by atoms with van der Waals surface area (Å²) in [5, 5.41) is 3.50. The molecule has 0 amide bonds. The third kappa shape index (κ3) is 4.40. The number of halogens is 1. The molecule has 0 aromatic heterocycles. The zero-order chi connectivity index (χ0) is 11.4. The predicted octanol–water partition coefficient (Wildman–Crippen LogP) is 1.76. The van der Waals surface area contributed by atoms with Gasteiger partial charge in [-0.25, -0.2) is 0 Å². The maximum atomic E-state index is 5.57. The van der Waals surface area contributed by atoms with Crippen LogP contribution >= 0.6 is 12.4 Å². The van der Waals surface area contributed by atoms with E-state index >= 15 is 0 Å². The predicted molar refractivity (Wildman–Crippen MR) is 73.9 cm³/mol. The lowest BCUT2D eigenvalue weighted by molar-refractivity contribution is -0.0102. The highest BCUT2D eigenvalue weighted by Crippen LogP contribution is 2.21. The van der Waals surface area contributed by atoms with E-state index in [9.17, 15) is 0 Å². The van der Waals surface area contributed by atoms with Gasteiger partial charge in [0.15, 0.2) is 0 Å². The molecule has 3 unspecified atom stereocenters. The van der Waals surface area contributed by atoms with Gasteiger partial charge in [-0.3, -0.25) is 0 Å². The molecule has 2 heterocycles. The second-order valence-corrected chi connectivity index (χ2v) is 5.51. The molecule has 0 spiro atoms. The van der Waals surface area contributed by atoms with E-state index in [0.717, 1.165) is 18.4 Å². The van der Waals surface area contributed by atoms with Gasteiger partial charge in [-0.05, 0) is 50.7 Å². The average Bonchev–Trinajstić information content (AvgIpc) is 2.33. The first-order valence-corrected chi connectivity index (χ1v) is 6.75. The maximum absolute atomic E-state index is 5.57. The number of ether oxygens (including phenoxy) is 1. The van der Waals surface area contributed by atoms with Crippen LogP contribution in [0.2, 0.25) is 0 Å². The second kappa shape index (κ2) is 7.57. The number of likely N-dealkylation sites (tertiary alicyclic amines) is 1. The Hall–Kier alpha value is 0.170. The molecule has 0 aromatic rings. The third-order valence-corrected chi connectivity index (χ3v) is 4.19. The van der Waals surface area contributed by atoms with E-state index < -0.39 is 0 Å². The zero-order valence-electron chi connectivity index (χ0n) is 11.2. The average molecular weight is 263 g/mol. The lowest BCUT2D eigenvalue weighted by Crippen LogP contribution is -2.47. The summed E-state index contributed by atoms with van der Waals surface area (Å²) in [6.45, 7) is 8.40. The van der Waals surface area contributed by atoms with E-state index in [0.29, 0.717) is 6.10 Å². The first-order chi connectivity index (χ1) is 7.79. The molecule has 2 aliphatic rings. The Bertz CT molecular complexity index is 210. The molecule has 2 aliphatic heterocycles. The molecule has 2 fully saturated rings. The van der Waals surface area contributed by atoms with Crippen molar-refractivity contribution in [3.05, 3.63) is 0 Å². The highest BCUT2D eigenvalue weighted by atomic mass is 35.5. The van der Waals surface area contributed by atoms with Gasteiger partial charge in [0, 0.05) is 20.2 Å². The number of nitrogens with one attached hydrogen (secondary N) is 1. The van der Waals surface area contributed by atoms with Crippen LogP contribution in [-0.4, -0.2) is 50.8 Å². The van der Waals surface area contributed by atoms with Crippen LogP contribution in [0.25, 0.3) is 0 Å². The molecular formula is C13H27ClN2O. The number of methoxy groups -OCH3 is 1. The fourth-order valence-electron chi connectivity index (χ4n) is 3.02. The van der Waals surface area contributed by atoms with Gasteiger partial charge >= 0.3 is 0 Å². The minimum Gasteiger partial charge on any atom is -0.380 e. The molecule has 3 nitrogen and oxygen atoms in total. The summed E-state index contributed by atoms with van der Waals surface area (Å²) in [6, 6.07) is 0. The molecule has 0 bridgehead atoms. The van der Waals surface area contributed by atoms with Crippen LogP contribution < -0.4 is 5.32 Å². The van der Waals surface area contributed by atoms with Crippen molar-refractivity contribution < 1.29 is 4.74 Å². The summed E-state index contributed by atoms with van der Waals surface area (Å²) >= 11 is 0. The van der Waals surface area contributed by atoms with Crippen molar-refractivity contribution >= 4 is 12.4 Å². The van der Waals surface area contributed by atoms with Crippen LogP contribution in [0.4, 0.5) is 0 Å². The monoisotopic (exact) mass is 262 g/mol. The Morgan fingerprint density at radius 3 is 2.82 bits per heavy atom. The number of hydrogen-bond acceptors (Lipinski definition) is 3. The summed E-state index contributed by atoms with van der Waals surface area (Å²) < 4.78 is 5.57. The summed E-state index contributed by atoms with van der Waals surface area (Å²) in [5.74, 6) is 1.59. The first kappa shape index (κ1) is 15.2. The number of piperidine rings is 2. The molecule has 0 aromatic carbocycles. The second-order valence-electron chi connectivity index (χ2n) is 5.51. The van der Waals surface area contributed by atoms with Crippen molar-refractivity contribution in [2.24, 2.45) is 11.8 Å². The SMILES string of the molecule is COC1CN(CC2CCCNC2)CCC1C.Cl. The third-order valence-electron chi connectivity index (χ3n) is 4.19. The molecule has 3 atom stereocenters. The highest BCUT2D eigenvalue weighted by molar-refractivity contribution is 5.85. The largest absolute Gasteiger partial charge is 0.380 e. The lowest BCUT2D eigenvalue weighted by Gasteiger charge is -2.38. The topological polar surface area (TPSA) is 24.5 Å². The van der Waals surface area contributed by atoms with Crippen LogP contribution in [-0.2, 0) is 4.74 Å². The van der Waals surface area contributed by atoms with E-state index in [4.69, 9.17) is 4.74 Å². The number of nitrogens with zero attached hydrogens (tertiary/aromatic N) is 1. The van der Waals surface area contributed by atoms with Gasteiger partial charge in [-0.15, -0.1) is 12.4 Å². The quantitative estimate of drug-likeness (QED) is 0.839. The van der Waals surface area contributed by atoms with E-state index in [-0.39, 0.29) is 12.4 Å². The minimum atomic E-state index is 0. The van der Waals surface area contributed by atoms with Crippen LogP contribution in [0.15, 0.2) is 0 Å². The summed E-state index contributed by atoms with van der Waals surface area (Å²) in [6.07, 6.45) is 4.49. The van der Waals surface area contributed by atoms with E-state index in [1.165, 1.54) is 45.4 Å². The normalized spacial score (nSPS) is 35.3. The maximum Gasteiger partial charge on any atom is 0.0724 e. The highest BCUT2D eigenvalue weighted by Gasteiger charge is 2.27. The molecule has 1 N–H and O–H groups in total. The molecule has 17 heavy (non-hydrogen) atoms. The molecule has 0 radical (unpaired) electrons. The minimum absolute atomic E-state index is 0. The van der Waals surface area contributed by atoms with E-state index in [1.807, 2.05) is 7.11 Å². The van der Waals surface area contributed by atoms with Crippen molar-refractivity contribution in [3.8, 4) is 0 Å². The Kier molecular flexibility index (Phi) is 6.78. The molecule has 0 aliphatic carbocycles. The molecule has 2 saturated heterocycles.